The Hall–Kier alpha value is -4.50. The van der Waals surface area contributed by atoms with E-state index in [-0.39, 0.29) is 17.7 Å². The molecule has 1 aromatic heterocycles. The van der Waals surface area contributed by atoms with E-state index in [1.165, 1.54) is 12.1 Å². The summed E-state index contributed by atoms with van der Waals surface area (Å²) in [7, 11) is 3.66. The van der Waals surface area contributed by atoms with Crippen LogP contribution in [0.3, 0.4) is 0 Å². The molecule has 3 N–H and O–H groups in total. The number of aromatic amines is 1. The number of piperazine rings is 1. The summed E-state index contributed by atoms with van der Waals surface area (Å²) < 4.78 is 13.9. The Morgan fingerprint density at radius 2 is 1.65 bits per heavy atom. The van der Waals surface area contributed by atoms with Crippen molar-refractivity contribution in [2.45, 2.75) is 12.8 Å². The number of carbonyl (C=O) groups excluding carboxylic acids is 2. The summed E-state index contributed by atoms with van der Waals surface area (Å²) in [5.74, 6) is -0.575. The van der Waals surface area contributed by atoms with Crippen LogP contribution in [-0.2, 0) is 11.2 Å². The average Bonchev–Trinajstić information content (AvgIpc) is 3.29. The summed E-state index contributed by atoms with van der Waals surface area (Å²) in [5, 5.41) is 14.1. The summed E-state index contributed by atoms with van der Waals surface area (Å²) >= 11 is 0. The minimum Gasteiger partial charge on any atom is -0.494 e. The number of benzene rings is 3. The van der Waals surface area contributed by atoms with Crippen LogP contribution in [0.15, 0.2) is 71.7 Å². The van der Waals surface area contributed by atoms with Crippen LogP contribution in [0, 0.1) is 5.82 Å². The maximum Gasteiger partial charge on any atom is 0.253 e. The third kappa shape index (κ3) is 5.89. The highest BCUT2D eigenvalue weighted by atomic mass is 19.1. The van der Waals surface area contributed by atoms with Crippen LogP contribution in [0.2, 0.25) is 0 Å². The van der Waals surface area contributed by atoms with Gasteiger partial charge in [0.25, 0.3) is 5.91 Å². The molecular formula is C31H32FN5O3. The van der Waals surface area contributed by atoms with E-state index in [0.717, 1.165) is 24.2 Å². The Bertz CT molecular complexity index is 1550. The molecule has 40 heavy (non-hydrogen) atoms. The molecule has 206 valence electrons. The number of nitrogens with one attached hydrogen (secondary N) is 2. The maximum atomic E-state index is 13.9. The van der Waals surface area contributed by atoms with Gasteiger partial charge >= 0.3 is 0 Å². The van der Waals surface area contributed by atoms with Crippen LogP contribution in [0.25, 0.3) is 10.9 Å². The van der Waals surface area contributed by atoms with Crippen molar-refractivity contribution in [2.24, 2.45) is 4.99 Å². The lowest BCUT2D eigenvalue weighted by Gasteiger charge is -2.32. The maximum absolute atomic E-state index is 13.9. The summed E-state index contributed by atoms with van der Waals surface area (Å²) in [6.45, 7) is 3.08. The summed E-state index contributed by atoms with van der Waals surface area (Å²) in [6, 6.07) is 19.0. The molecule has 0 spiro atoms. The fourth-order valence-electron chi connectivity index (χ4n) is 4.87. The molecular weight excluding hydrogens is 509 g/mol. The van der Waals surface area contributed by atoms with Crippen molar-refractivity contribution in [1.29, 1.82) is 0 Å². The molecule has 0 radical (unpaired) electrons. The number of aliphatic imine (C=N–C) groups is 1. The minimum atomic E-state index is -0.417. The van der Waals surface area contributed by atoms with E-state index in [0.29, 0.717) is 59.4 Å². The molecule has 2 heterocycles. The number of halogens is 1. The second-order valence-electron chi connectivity index (χ2n) is 10.0. The van der Waals surface area contributed by atoms with Gasteiger partial charge in [0.05, 0.1) is 22.5 Å². The highest BCUT2D eigenvalue weighted by Crippen LogP contribution is 2.32. The number of likely N-dealkylation sites (N-methyl/N-ethyl adjacent to an activating group) is 1. The molecule has 0 aliphatic carbocycles. The second-order valence-corrected chi connectivity index (χ2v) is 10.0. The van der Waals surface area contributed by atoms with Crippen LogP contribution in [0.5, 0.6) is 5.88 Å². The van der Waals surface area contributed by atoms with Gasteiger partial charge in [-0.15, -0.1) is 0 Å². The molecule has 5 rings (SSSR count). The molecule has 1 fully saturated rings. The van der Waals surface area contributed by atoms with Crippen molar-refractivity contribution in [3.05, 3.63) is 94.8 Å². The highest BCUT2D eigenvalue weighted by molar-refractivity contribution is 6.21. The van der Waals surface area contributed by atoms with Gasteiger partial charge in [0, 0.05) is 56.2 Å². The molecule has 2 amide bonds. The van der Waals surface area contributed by atoms with Gasteiger partial charge < -0.3 is 25.2 Å². The first-order chi connectivity index (χ1) is 19.3. The summed E-state index contributed by atoms with van der Waals surface area (Å²) in [6.07, 6.45) is 0.970. The van der Waals surface area contributed by atoms with Crippen molar-refractivity contribution in [3.8, 4) is 5.88 Å². The van der Waals surface area contributed by atoms with Gasteiger partial charge in [-0.2, -0.15) is 0 Å². The Kier molecular flexibility index (Phi) is 7.93. The quantitative estimate of drug-likeness (QED) is 0.305. The molecule has 1 saturated heterocycles. The number of rotatable bonds is 7. The second kappa shape index (κ2) is 11.7. The van der Waals surface area contributed by atoms with Gasteiger partial charge in [0.15, 0.2) is 5.88 Å². The van der Waals surface area contributed by atoms with Crippen LogP contribution < -0.4 is 5.32 Å². The lowest BCUT2D eigenvalue weighted by Crippen LogP contribution is -2.47. The molecule has 0 saturated carbocycles. The number of H-pyrrole nitrogens is 1. The molecule has 1 aliphatic rings. The van der Waals surface area contributed by atoms with E-state index in [9.17, 15) is 19.1 Å². The number of fused-ring (bicyclic) bond motifs is 1. The third-order valence-electron chi connectivity index (χ3n) is 7.27. The standard InChI is InChI=1S/C31H32FN5O3/c1-33-27(38)14-5-20-3-6-21(7-4-20)29(28-25-13-10-23(32)19-26(25)35-30(28)39)34-24-11-8-22(9-12-24)31(40)37-17-15-36(2)16-18-37/h3-4,6-13,19,35,39H,5,14-18H2,1-2H3,(H,33,38). The first kappa shape index (κ1) is 27.1. The first-order valence-electron chi connectivity index (χ1n) is 13.3. The van der Waals surface area contributed by atoms with Crippen molar-refractivity contribution < 1.29 is 19.1 Å². The van der Waals surface area contributed by atoms with Crippen molar-refractivity contribution in [1.82, 2.24) is 20.1 Å². The van der Waals surface area contributed by atoms with E-state index in [1.807, 2.05) is 36.2 Å². The van der Waals surface area contributed by atoms with Gasteiger partial charge in [-0.3, -0.25) is 9.59 Å². The van der Waals surface area contributed by atoms with Gasteiger partial charge in [0.1, 0.15) is 5.82 Å². The number of hydrogen-bond donors (Lipinski definition) is 3. The largest absolute Gasteiger partial charge is 0.494 e. The van der Waals surface area contributed by atoms with Gasteiger partial charge in [-0.1, -0.05) is 24.3 Å². The zero-order valence-electron chi connectivity index (χ0n) is 22.6. The molecule has 9 heteroatoms. The fraction of sp³-hybridized carbons (Fsp3) is 0.258. The zero-order chi connectivity index (χ0) is 28.2. The monoisotopic (exact) mass is 541 g/mol. The van der Waals surface area contributed by atoms with Crippen LogP contribution in [-0.4, -0.2) is 77.7 Å². The first-order valence-corrected chi connectivity index (χ1v) is 13.3. The Balaban J connectivity index is 1.50. The van der Waals surface area contributed by atoms with E-state index < -0.39 is 5.82 Å². The van der Waals surface area contributed by atoms with Gasteiger partial charge in [-0.25, -0.2) is 9.38 Å². The number of aromatic hydroxyl groups is 1. The topological polar surface area (TPSA) is 101 Å². The van der Waals surface area contributed by atoms with Crippen LogP contribution in [0.4, 0.5) is 10.1 Å². The SMILES string of the molecule is CNC(=O)CCc1ccc(C(=Nc2ccc(C(=O)N3CCN(C)CC3)cc2)c2c(O)[nH]c3cc(F)ccc23)cc1. The average molecular weight is 542 g/mol. The molecule has 4 aromatic rings. The van der Waals surface area contributed by atoms with E-state index in [2.05, 4.69) is 15.2 Å². The van der Waals surface area contributed by atoms with Crippen LogP contribution in [0.1, 0.15) is 33.5 Å². The normalized spacial score (nSPS) is 14.5. The Labute approximate surface area is 232 Å². The van der Waals surface area contributed by atoms with Crippen LogP contribution >= 0.6 is 0 Å². The van der Waals surface area contributed by atoms with E-state index in [4.69, 9.17) is 4.99 Å². The predicted molar refractivity (Wildman–Crippen MR) is 154 cm³/mol. The number of amides is 2. The van der Waals surface area contributed by atoms with Crippen molar-refractivity contribution >= 4 is 34.1 Å². The molecule has 0 unspecified atom stereocenters. The Morgan fingerprint density at radius 1 is 0.975 bits per heavy atom. The predicted octanol–water partition coefficient (Wildman–Crippen LogP) is 4.25. The van der Waals surface area contributed by atoms with Gasteiger partial charge in [-0.05, 0) is 61.5 Å². The molecule has 1 aliphatic heterocycles. The molecule has 3 aromatic carbocycles. The van der Waals surface area contributed by atoms with Crippen molar-refractivity contribution in [3.63, 3.8) is 0 Å². The minimum absolute atomic E-state index is 0.00695. The third-order valence-corrected chi connectivity index (χ3v) is 7.27. The lowest BCUT2D eigenvalue weighted by molar-refractivity contribution is -0.120. The fourth-order valence-corrected chi connectivity index (χ4v) is 4.87. The number of hydrogen-bond acceptors (Lipinski definition) is 5. The Morgan fingerprint density at radius 3 is 2.33 bits per heavy atom. The number of carbonyl (C=O) groups is 2. The summed E-state index contributed by atoms with van der Waals surface area (Å²) in [4.78, 5) is 36.5. The van der Waals surface area contributed by atoms with E-state index in [1.54, 1.807) is 37.4 Å². The molecule has 0 bridgehead atoms. The summed E-state index contributed by atoms with van der Waals surface area (Å²) in [5.41, 5.74) is 4.32. The lowest BCUT2D eigenvalue weighted by atomic mass is 9.98. The van der Waals surface area contributed by atoms with Gasteiger partial charge in [0.2, 0.25) is 5.91 Å². The number of aryl methyl sites for hydroxylation is 1. The smallest absolute Gasteiger partial charge is 0.253 e. The molecule has 8 nitrogen and oxygen atoms in total. The van der Waals surface area contributed by atoms with E-state index >= 15 is 0 Å². The number of nitrogens with zero attached hydrogens (tertiary/aromatic N) is 3. The van der Waals surface area contributed by atoms with Crippen molar-refractivity contribution in [2.75, 3.05) is 40.3 Å². The number of aromatic nitrogens is 1. The molecule has 0 atom stereocenters. The zero-order valence-corrected chi connectivity index (χ0v) is 22.6. The highest BCUT2D eigenvalue weighted by Gasteiger charge is 2.21.